The quantitative estimate of drug-likeness (QED) is 0.434. The van der Waals surface area contributed by atoms with E-state index in [2.05, 4.69) is 30.7 Å². The Bertz CT molecular complexity index is 611. The molecule has 2 rings (SSSR count). The molecule has 0 radical (unpaired) electrons. The van der Waals surface area contributed by atoms with Crippen molar-refractivity contribution in [2.75, 3.05) is 6.61 Å². The second-order valence-corrected chi connectivity index (χ2v) is 6.75. The van der Waals surface area contributed by atoms with E-state index < -0.39 is 0 Å². The van der Waals surface area contributed by atoms with Crippen LogP contribution in [0.5, 0.6) is 11.5 Å². The molecule has 142 valence electrons. The van der Waals surface area contributed by atoms with Gasteiger partial charge in [0.25, 0.3) is 0 Å². The third-order valence-electron chi connectivity index (χ3n) is 4.31. The van der Waals surface area contributed by atoms with Crippen molar-refractivity contribution in [3.8, 4) is 22.9 Å². The van der Waals surface area contributed by atoms with Gasteiger partial charge in [-0.2, -0.15) is 0 Å². The van der Waals surface area contributed by atoms with Crippen LogP contribution in [-0.2, 0) is 0 Å². The Morgan fingerprint density at radius 2 is 1.54 bits per heavy atom. The predicted octanol–water partition coefficient (Wildman–Crippen LogP) is 6.06. The molecule has 0 saturated carbocycles. The van der Waals surface area contributed by atoms with Crippen LogP contribution in [0.3, 0.4) is 0 Å². The van der Waals surface area contributed by atoms with Gasteiger partial charge in [0, 0.05) is 5.56 Å². The molecule has 1 aromatic heterocycles. The Kier molecular flexibility index (Phi) is 8.94. The maximum atomic E-state index is 6.00. The Morgan fingerprint density at radius 3 is 2.19 bits per heavy atom. The average molecular weight is 357 g/mol. The van der Waals surface area contributed by atoms with Crippen molar-refractivity contribution in [1.82, 2.24) is 9.97 Å². The zero-order valence-electron chi connectivity index (χ0n) is 16.4. The van der Waals surface area contributed by atoms with Crippen LogP contribution >= 0.6 is 0 Å². The van der Waals surface area contributed by atoms with Crippen LogP contribution in [0.15, 0.2) is 36.7 Å². The first-order valence-corrected chi connectivity index (χ1v) is 9.94. The van der Waals surface area contributed by atoms with E-state index in [0.717, 1.165) is 36.3 Å². The fraction of sp³-hybridized carbons (Fsp3) is 0.545. The zero-order chi connectivity index (χ0) is 18.6. The maximum Gasteiger partial charge on any atom is 0.159 e. The highest BCUT2D eigenvalue weighted by atomic mass is 16.5. The topological polar surface area (TPSA) is 44.2 Å². The first-order valence-electron chi connectivity index (χ1n) is 9.94. The number of rotatable bonds is 12. The Labute approximate surface area is 158 Å². The molecule has 1 aromatic carbocycles. The lowest BCUT2D eigenvalue weighted by molar-refractivity contribution is 0.206. The lowest BCUT2D eigenvalue weighted by Crippen LogP contribution is -2.11. The first kappa shape index (κ1) is 20.2. The highest BCUT2D eigenvalue weighted by Gasteiger charge is 2.06. The smallest absolute Gasteiger partial charge is 0.159 e. The molecule has 1 unspecified atom stereocenters. The minimum Gasteiger partial charge on any atom is -0.491 e. The molecule has 0 N–H and O–H groups in total. The van der Waals surface area contributed by atoms with Gasteiger partial charge in [-0.3, -0.25) is 0 Å². The van der Waals surface area contributed by atoms with Crippen LogP contribution in [0.25, 0.3) is 11.4 Å². The number of ether oxygens (including phenoxy) is 2. The molecule has 4 heteroatoms. The van der Waals surface area contributed by atoms with Gasteiger partial charge in [-0.15, -0.1) is 0 Å². The summed E-state index contributed by atoms with van der Waals surface area (Å²) in [6.45, 7) is 7.23. The first-order chi connectivity index (χ1) is 12.7. The normalized spacial score (nSPS) is 12.0. The van der Waals surface area contributed by atoms with Crippen molar-refractivity contribution < 1.29 is 9.47 Å². The van der Waals surface area contributed by atoms with Crippen molar-refractivity contribution in [3.05, 3.63) is 36.7 Å². The second-order valence-electron chi connectivity index (χ2n) is 6.75. The monoisotopic (exact) mass is 356 g/mol. The van der Waals surface area contributed by atoms with Gasteiger partial charge < -0.3 is 9.47 Å². The second kappa shape index (κ2) is 11.5. The van der Waals surface area contributed by atoms with Gasteiger partial charge in [0.1, 0.15) is 5.75 Å². The van der Waals surface area contributed by atoms with E-state index in [1.807, 2.05) is 24.3 Å². The molecular weight excluding hydrogens is 324 g/mol. The summed E-state index contributed by atoms with van der Waals surface area (Å²) in [5.41, 5.74) is 0.980. The van der Waals surface area contributed by atoms with Crippen LogP contribution in [-0.4, -0.2) is 22.7 Å². The summed E-state index contributed by atoms with van der Waals surface area (Å²) in [7, 11) is 0. The molecule has 0 fully saturated rings. The van der Waals surface area contributed by atoms with E-state index in [1.54, 1.807) is 12.4 Å². The molecule has 0 spiro atoms. The van der Waals surface area contributed by atoms with Crippen LogP contribution in [0, 0.1) is 0 Å². The van der Waals surface area contributed by atoms with Gasteiger partial charge in [0.15, 0.2) is 11.6 Å². The Morgan fingerprint density at radius 1 is 0.846 bits per heavy atom. The van der Waals surface area contributed by atoms with Crippen molar-refractivity contribution in [2.45, 2.75) is 71.8 Å². The summed E-state index contributed by atoms with van der Waals surface area (Å²) < 4.78 is 11.6. The lowest BCUT2D eigenvalue weighted by atomic mass is 10.1. The predicted molar refractivity (Wildman–Crippen MR) is 107 cm³/mol. The van der Waals surface area contributed by atoms with Crippen molar-refractivity contribution >= 4 is 0 Å². The standard InChI is InChI=1S/C22H32N2O2/c1-4-6-8-9-10-18(3)26-20-13-11-19(12-14-20)22-23-16-21(17-24-22)25-15-7-5-2/h11-14,16-18H,4-10,15H2,1-3H3. The molecular formula is C22H32N2O2. The number of unbranched alkanes of at least 4 members (excludes halogenated alkanes) is 4. The van der Waals surface area contributed by atoms with E-state index in [1.165, 1.54) is 25.7 Å². The van der Waals surface area contributed by atoms with E-state index >= 15 is 0 Å². The van der Waals surface area contributed by atoms with Crippen molar-refractivity contribution in [3.63, 3.8) is 0 Å². The maximum absolute atomic E-state index is 6.00. The molecule has 0 aliphatic carbocycles. The minimum absolute atomic E-state index is 0.244. The van der Waals surface area contributed by atoms with Gasteiger partial charge >= 0.3 is 0 Å². The molecule has 1 atom stereocenters. The van der Waals surface area contributed by atoms with Gasteiger partial charge in [0.05, 0.1) is 25.1 Å². The van der Waals surface area contributed by atoms with E-state index in [9.17, 15) is 0 Å². The van der Waals surface area contributed by atoms with Gasteiger partial charge in [-0.25, -0.2) is 9.97 Å². The molecule has 4 nitrogen and oxygen atoms in total. The molecule has 0 aliphatic rings. The van der Waals surface area contributed by atoms with Gasteiger partial charge in [-0.05, 0) is 50.5 Å². The summed E-state index contributed by atoms with van der Waals surface area (Å²) in [6, 6.07) is 8.00. The number of aromatic nitrogens is 2. The Hall–Kier alpha value is -2.10. The highest BCUT2D eigenvalue weighted by molar-refractivity contribution is 5.56. The number of hydrogen-bond donors (Lipinski definition) is 0. The van der Waals surface area contributed by atoms with Crippen molar-refractivity contribution in [2.24, 2.45) is 0 Å². The van der Waals surface area contributed by atoms with E-state index in [0.29, 0.717) is 12.4 Å². The molecule has 0 bridgehead atoms. The van der Waals surface area contributed by atoms with Crippen LogP contribution in [0.2, 0.25) is 0 Å². The molecule has 0 aliphatic heterocycles. The highest BCUT2D eigenvalue weighted by Crippen LogP contribution is 2.22. The molecule has 2 aromatic rings. The summed E-state index contributed by atoms with van der Waals surface area (Å²) in [4.78, 5) is 8.80. The van der Waals surface area contributed by atoms with Crippen molar-refractivity contribution in [1.29, 1.82) is 0 Å². The van der Waals surface area contributed by atoms with Crippen LogP contribution in [0.1, 0.15) is 65.7 Å². The van der Waals surface area contributed by atoms with Crippen LogP contribution < -0.4 is 9.47 Å². The number of nitrogens with zero attached hydrogens (tertiary/aromatic N) is 2. The zero-order valence-corrected chi connectivity index (χ0v) is 16.4. The third-order valence-corrected chi connectivity index (χ3v) is 4.31. The summed E-state index contributed by atoms with van der Waals surface area (Å²) in [6.07, 6.45) is 12.1. The molecule has 1 heterocycles. The summed E-state index contributed by atoms with van der Waals surface area (Å²) in [5, 5.41) is 0. The summed E-state index contributed by atoms with van der Waals surface area (Å²) >= 11 is 0. The minimum atomic E-state index is 0.244. The van der Waals surface area contributed by atoms with E-state index in [4.69, 9.17) is 9.47 Å². The van der Waals surface area contributed by atoms with E-state index in [-0.39, 0.29) is 6.10 Å². The number of benzene rings is 1. The number of hydrogen-bond acceptors (Lipinski definition) is 4. The lowest BCUT2D eigenvalue weighted by Gasteiger charge is -2.14. The molecule has 0 saturated heterocycles. The Balaban J connectivity index is 1.84. The molecule has 0 amide bonds. The SMILES string of the molecule is CCCCCCC(C)Oc1ccc(-c2ncc(OCCCC)cn2)cc1. The fourth-order valence-electron chi connectivity index (χ4n) is 2.71. The van der Waals surface area contributed by atoms with Crippen LogP contribution in [0.4, 0.5) is 0 Å². The fourth-order valence-corrected chi connectivity index (χ4v) is 2.71. The largest absolute Gasteiger partial charge is 0.491 e. The molecule has 26 heavy (non-hydrogen) atoms. The summed E-state index contributed by atoms with van der Waals surface area (Å²) in [5.74, 6) is 2.32. The average Bonchev–Trinajstić information content (AvgIpc) is 2.67. The van der Waals surface area contributed by atoms with Gasteiger partial charge in [0.2, 0.25) is 0 Å². The third kappa shape index (κ3) is 7.03. The van der Waals surface area contributed by atoms with Gasteiger partial charge in [-0.1, -0.05) is 39.5 Å².